The first-order valence-corrected chi connectivity index (χ1v) is 9.27. The summed E-state index contributed by atoms with van der Waals surface area (Å²) in [7, 11) is 1.41. The van der Waals surface area contributed by atoms with E-state index < -0.39 is 17.5 Å². The lowest BCUT2D eigenvalue weighted by Crippen LogP contribution is -2.49. The highest BCUT2D eigenvalue weighted by Crippen LogP contribution is 2.23. The predicted molar refractivity (Wildman–Crippen MR) is 108 cm³/mol. The highest BCUT2D eigenvalue weighted by Gasteiger charge is 2.27. The van der Waals surface area contributed by atoms with E-state index in [2.05, 4.69) is 5.32 Å². The lowest BCUT2D eigenvalue weighted by molar-refractivity contribution is -0.149. The van der Waals surface area contributed by atoms with Gasteiger partial charge in [0, 0.05) is 25.7 Å². The first-order chi connectivity index (χ1) is 13.9. The van der Waals surface area contributed by atoms with Crippen LogP contribution in [0.5, 0.6) is 5.75 Å². The fourth-order valence-electron chi connectivity index (χ4n) is 3.19. The van der Waals surface area contributed by atoms with Crippen LogP contribution in [0, 0.1) is 17.5 Å². The van der Waals surface area contributed by atoms with E-state index in [1.165, 1.54) is 19.2 Å². The Hall–Kier alpha value is -2.29. The normalized spacial score (nSPS) is 17.4. The van der Waals surface area contributed by atoms with Crippen molar-refractivity contribution >= 4 is 18.3 Å². The van der Waals surface area contributed by atoms with Crippen molar-refractivity contribution in [1.82, 2.24) is 10.2 Å². The van der Waals surface area contributed by atoms with Crippen LogP contribution < -0.4 is 10.1 Å². The molecule has 1 heterocycles. The topological polar surface area (TPSA) is 50.8 Å². The molecule has 1 saturated heterocycles. The number of ether oxygens (including phenoxy) is 2. The van der Waals surface area contributed by atoms with Gasteiger partial charge in [-0.1, -0.05) is 12.1 Å². The molecule has 0 bridgehead atoms. The Morgan fingerprint density at radius 1 is 1.17 bits per heavy atom. The molecule has 164 valence electrons. The van der Waals surface area contributed by atoms with Crippen molar-refractivity contribution in [3.63, 3.8) is 0 Å². The van der Waals surface area contributed by atoms with E-state index in [1.54, 1.807) is 17.0 Å². The van der Waals surface area contributed by atoms with Gasteiger partial charge < -0.3 is 19.7 Å². The summed E-state index contributed by atoms with van der Waals surface area (Å²) in [5.74, 6) is -2.32. The van der Waals surface area contributed by atoms with Crippen LogP contribution in [0.1, 0.15) is 24.1 Å². The van der Waals surface area contributed by atoms with Crippen LogP contribution in [0.15, 0.2) is 36.4 Å². The monoisotopic (exact) mass is 444 g/mol. The number of hydrogen-bond acceptors (Lipinski definition) is 4. The molecule has 0 saturated carbocycles. The average Bonchev–Trinajstić information content (AvgIpc) is 2.71. The van der Waals surface area contributed by atoms with Gasteiger partial charge in [-0.15, -0.1) is 12.4 Å². The second-order valence-electron chi connectivity index (χ2n) is 6.98. The third kappa shape index (κ3) is 5.87. The van der Waals surface area contributed by atoms with Crippen molar-refractivity contribution in [3.05, 3.63) is 65.0 Å². The summed E-state index contributed by atoms with van der Waals surface area (Å²) in [4.78, 5) is 13.7. The summed E-state index contributed by atoms with van der Waals surface area (Å²) < 4.78 is 50.7. The Morgan fingerprint density at radius 3 is 2.60 bits per heavy atom. The van der Waals surface area contributed by atoms with Crippen LogP contribution in [-0.4, -0.2) is 43.7 Å². The molecule has 1 aliphatic rings. The zero-order valence-electron chi connectivity index (χ0n) is 16.7. The van der Waals surface area contributed by atoms with Gasteiger partial charge in [0.1, 0.15) is 6.61 Å². The standard InChI is InChI=1S/C21H23F3N2O3.ClH/c1-13(15-4-6-18(23)20(8-15)28-2)25-9-16-11-26(21(27)12-29-16)10-14-3-5-17(22)19(24)7-14;/h3-8,13,16,25H,9-12H2,1-2H3;1H/t13-,16?;/m1./s1. The molecule has 1 fully saturated rings. The minimum Gasteiger partial charge on any atom is -0.494 e. The number of rotatable bonds is 7. The number of methoxy groups -OCH3 is 1. The Morgan fingerprint density at radius 2 is 1.90 bits per heavy atom. The maximum atomic E-state index is 13.6. The molecule has 1 aliphatic heterocycles. The number of nitrogens with one attached hydrogen (secondary N) is 1. The molecule has 0 radical (unpaired) electrons. The van der Waals surface area contributed by atoms with Crippen molar-refractivity contribution < 1.29 is 27.4 Å². The number of halogens is 4. The molecule has 1 unspecified atom stereocenters. The van der Waals surface area contributed by atoms with Gasteiger partial charge >= 0.3 is 0 Å². The van der Waals surface area contributed by atoms with Crippen molar-refractivity contribution in [2.75, 3.05) is 26.8 Å². The van der Waals surface area contributed by atoms with Crippen molar-refractivity contribution in [3.8, 4) is 5.75 Å². The van der Waals surface area contributed by atoms with E-state index in [-0.39, 0.29) is 49.4 Å². The second kappa shape index (κ2) is 10.7. The molecule has 5 nitrogen and oxygen atoms in total. The first-order valence-electron chi connectivity index (χ1n) is 9.27. The van der Waals surface area contributed by atoms with Crippen LogP contribution >= 0.6 is 12.4 Å². The lowest BCUT2D eigenvalue weighted by atomic mass is 10.1. The van der Waals surface area contributed by atoms with Gasteiger partial charge in [0.2, 0.25) is 5.91 Å². The van der Waals surface area contributed by atoms with Gasteiger partial charge in [-0.2, -0.15) is 0 Å². The summed E-state index contributed by atoms with van der Waals surface area (Å²) in [5, 5.41) is 3.30. The molecule has 2 atom stereocenters. The Bertz CT molecular complexity index is 885. The number of hydrogen-bond donors (Lipinski definition) is 1. The molecule has 0 aromatic heterocycles. The second-order valence-corrected chi connectivity index (χ2v) is 6.98. The van der Waals surface area contributed by atoms with Gasteiger partial charge in [0.25, 0.3) is 0 Å². The molecular formula is C21H24ClF3N2O3. The number of amides is 1. The summed E-state index contributed by atoms with van der Waals surface area (Å²) in [5.41, 5.74) is 1.37. The number of carbonyl (C=O) groups excluding carboxylic acids is 1. The van der Waals surface area contributed by atoms with Crippen LogP contribution in [0.4, 0.5) is 13.2 Å². The SMILES string of the molecule is COc1cc([C@@H](C)NCC2CN(Cc3ccc(F)c(F)c3)C(=O)CO2)ccc1F.Cl. The van der Waals surface area contributed by atoms with E-state index >= 15 is 0 Å². The van der Waals surface area contributed by atoms with Crippen molar-refractivity contribution in [2.45, 2.75) is 25.6 Å². The van der Waals surface area contributed by atoms with Crippen molar-refractivity contribution in [1.29, 1.82) is 0 Å². The molecule has 0 aliphatic carbocycles. The molecule has 1 amide bonds. The number of morpholine rings is 1. The van der Waals surface area contributed by atoms with E-state index in [9.17, 15) is 18.0 Å². The van der Waals surface area contributed by atoms with Crippen LogP contribution in [-0.2, 0) is 16.1 Å². The Labute approximate surface area is 179 Å². The van der Waals surface area contributed by atoms with Crippen LogP contribution in [0.3, 0.4) is 0 Å². The highest BCUT2D eigenvalue weighted by molar-refractivity contribution is 5.85. The Balaban J connectivity index is 0.00000320. The van der Waals surface area contributed by atoms with Gasteiger partial charge in [-0.25, -0.2) is 13.2 Å². The van der Waals surface area contributed by atoms with Crippen LogP contribution in [0.25, 0.3) is 0 Å². The quantitative estimate of drug-likeness (QED) is 0.708. The zero-order valence-corrected chi connectivity index (χ0v) is 17.5. The van der Waals surface area contributed by atoms with Gasteiger partial charge in [0.05, 0.1) is 13.2 Å². The maximum Gasteiger partial charge on any atom is 0.248 e. The first kappa shape index (κ1) is 24.0. The molecule has 3 rings (SSSR count). The number of carbonyl (C=O) groups is 1. The van der Waals surface area contributed by atoms with Crippen LogP contribution in [0.2, 0.25) is 0 Å². The average molecular weight is 445 g/mol. The molecule has 30 heavy (non-hydrogen) atoms. The summed E-state index contributed by atoms with van der Waals surface area (Å²) in [6, 6.07) is 8.17. The predicted octanol–water partition coefficient (Wildman–Crippen LogP) is 3.61. The third-order valence-corrected chi connectivity index (χ3v) is 4.90. The van der Waals surface area contributed by atoms with Gasteiger partial charge in [0.15, 0.2) is 23.2 Å². The zero-order chi connectivity index (χ0) is 21.0. The summed E-state index contributed by atoms with van der Waals surface area (Å²) >= 11 is 0. The smallest absolute Gasteiger partial charge is 0.248 e. The molecule has 1 N–H and O–H groups in total. The van der Waals surface area contributed by atoms with E-state index in [0.29, 0.717) is 18.7 Å². The fraction of sp³-hybridized carbons (Fsp3) is 0.381. The maximum absolute atomic E-state index is 13.6. The minimum atomic E-state index is -0.940. The molecule has 2 aromatic rings. The van der Waals surface area contributed by atoms with E-state index in [0.717, 1.165) is 17.7 Å². The summed E-state index contributed by atoms with van der Waals surface area (Å²) in [6.45, 7) is 2.82. The third-order valence-electron chi connectivity index (χ3n) is 4.90. The molecule has 9 heteroatoms. The molecular weight excluding hydrogens is 421 g/mol. The molecule has 0 spiro atoms. The lowest BCUT2D eigenvalue weighted by Gasteiger charge is -2.33. The van der Waals surface area contributed by atoms with Gasteiger partial charge in [-0.3, -0.25) is 4.79 Å². The molecule has 2 aromatic carbocycles. The van der Waals surface area contributed by atoms with Crippen molar-refractivity contribution in [2.24, 2.45) is 0 Å². The summed E-state index contributed by atoms with van der Waals surface area (Å²) in [6.07, 6.45) is -0.261. The van der Waals surface area contributed by atoms with E-state index in [1.807, 2.05) is 6.92 Å². The highest BCUT2D eigenvalue weighted by atomic mass is 35.5. The fourth-order valence-corrected chi connectivity index (χ4v) is 3.19. The number of benzene rings is 2. The number of nitrogens with zero attached hydrogens (tertiary/aromatic N) is 1. The minimum absolute atomic E-state index is 0. The largest absolute Gasteiger partial charge is 0.494 e. The Kier molecular flexibility index (Phi) is 8.52. The van der Waals surface area contributed by atoms with E-state index in [4.69, 9.17) is 9.47 Å². The van der Waals surface area contributed by atoms with Gasteiger partial charge in [-0.05, 0) is 42.3 Å².